The van der Waals surface area contributed by atoms with Gasteiger partial charge in [0.1, 0.15) is 0 Å². The van der Waals surface area contributed by atoms with Gasteiger partial charge in [0, 0.05) is 32.6 Å². The van der Waals surface area contributed by atoms with Crippen LogP contribution >= 0.6 is 0 Å². The Bertz CT molecular complexity index is 766. The number of carbonyl (C=O) groups excluding carboxylic acids is 1. The second-order valence-corrected chi connectivity index (χ2v) is 6.60. The Kier molecular flexibility index (Phi) is 6.47. The highest BCUT2D eigenvalue weighted by molar-refractivity contribution is 5.86. The van der Waals surface area contributed by atoms with E-state index in [9.17, 15) is 4.79 Å². The third-order valence-corrected chi connectivity index (χ3v) is 4.70. The van der Waals surface area contributed by atoms with Gasteiger partial charge in [0.25, 0.3) is 0 Å². The molecule has 1 aliphatic heterocycles. The van der Waals surface area contributed by atoms with Crippen molar-refractivity contribution in [2.45, 2.75) is 32.7 Å². The van der Waals surface area contributed by atoms with Gasteiger partial charge in [-0.05, 0) is 36.1 Å². The van der Waals surface area contributed by atoms with Gasteiger partial charge in [0.15, 0.2) is 5.96 Å². The lowest BCUT2D eigenvalue weighted by atomic mass is 10.1. The molecule has 2 aromatic rings. The molecule has 1 fully saturated rings. The quantitative estimate of drug-likeness (QED) is 0.458. The first kappa shape index (κ1) is 18.2. The van der Waals surface area contributed by atoms with Gasteiger partial charge in [0.2, 0.25) is 5.91 Å². The summed E-state index contributed by atoms with van der Waals surface area (Å²) in [7, 11) is 0. The Hall–Kier alpha value is -2.56. The molecule has 3 rings (SSSR count). The normalized spacial score (nSPS) is 14.9. The van der Waals surface area contributed by atoms with Crippen LogP contribution in [0.4, 0.5) is 0 Å². The van der Waals surface area contributed by atoms with Crippen molar-refractivity contribution in [1.82, 2.24) is 15.5 Å². The fraction of sp³-hybridized carbons (Fsp3) is 0.429. The minimum Gasteiger partial charge on any atom is -0.357 e. The fourth-order valence-electron chi connectivity index (χ4n) is 3.35. The largest absolute Gasteiger partial charge is 0.357 e. The van der Waals surface area contributed by atoms with Crippen molar-refractivity contribution in [2.24, 2.45) is 4.99 Å². The number of amides is 1. The van der Waals surface area contributed by atoms with Gasteiger partial charge in [-0.2, -0.15) is 0 Å². The monoisotopic (exact) mass is 352 g/mol. The number of hydrogen-bond donors (Lipinski definition) is 2. The molecule has 0 aromatic heterocycles. The van der Waals surface area contributed by atoms with E-state index in [2.05, 4.69) is 60.0 Å². The highest BCUT2D eigenvalue weighted by atomic mass is 16.2. The second-order valence-electron chi connectivity index (χ2n) is 6.60. The molecule has 0 saturated carbocycles. The van der Waals surface area contributed by atoms with Gasteiger partial charge in [-0.3, -0.25) is 4.79 Å². The molecule has 1 aliphatic rings. The summed E-state index contributed by atoms with van der Waals surface area (Å²) in [6, 6.07) is 14.8. The Labute approximate surface area is 155 Å². The molecule has 0 unspecified atom stereocenters. The van der Waals surface area contributed by atoms with Crippen molar-refractivity contribution in [3.05, 3.63) is 48.0 Å². The summed E-state index contributed by atoms with van der Waals surface area (Å²) >= 11 is 0. The van der Waals surface area contributed by atoms with E-state index in [1.165, 1.54) is 16.3 Å². The molecule has 5 nitrogen and oxygen atoms in total. The lowest BCUT2D eigenvalue weighted by Crippen LogP contribution is -2.39. The van der Waals surface area contributed by atoms with Crippen LogP contribution in [0.3, 0.4) is 0 Å². The van der Waals surface area contributed by atoms with E-state index in [1.807, 2.05) is 4.90 Å². The number of hydrogen-bond acceptors (Lipinski definition) is 2. The Morgan fingerprint density at radius 3 is 2.81 bits per heavy atom. The van der Waals surface area contributed by atoms with Crippen LogP contribution in [0.25, 0.3) is 10.8 Å². The van der Waals surface area contributed by atoms with E-state index in [4.69, 9.17) is 4.99 Å². The first-order valence-corrected chi connectivity index (χ1v) is 9.54. The van der Waals surface area contributed by atoms with Crippen LogP contribution in [0, 0.1) is 0 Å². The number of guanidine groups is 1. The molecule has 0 spiro atoms. The van der Waals surface area contributed by atoms with Crippen molar-refractivity contribution in [3.8, 4) is 0 Å². The van der Waals surface area contributed by atoms with Gasteiger partial charge < -0.3 is 15.5 Å². The van der Waals surface area contributed by atoms with Crippen molar-refractivity contribution >= 4 is 22.6 Å². The third-order valence-electron chi connectivity index (χ3n) is 4.70. The third kappa shape index (κ3) is 4.75. The van der Waals surface area contributed by atoms with Gasteiger partial charge in [-0.25, -0.2) is 4.99 Å². The van der Waals surface area contributed by atoms with Crippen LogP contribution in [-0.4, -0.2) is 42.9 Å². The number of likely N-dealkylation sites (tertiary alicyclic amines) is 1. The molecule has 2 aromatic carbocycles. The molecule has 1 saturated heterocycles. The Morgan fingerprint density at radius 2 is 2.00 bits per heavy atom. The van der Waals surface area contributed by atoms with Gasteiger partial charge in [-0.15, -0.1) is 0 Å². The number of rotatable bonds is 7. The van der Waals surface area contributed by atoms with E-state index in [0.717, 1.165) is 45.0 Å². The number of nitrogens with one attached hydrogen (secondary N) is 2. The molecule has 1 amide bonds. The first-order valence-electron chi connectivity index (χ1n) is 9.54. The molecule has 5 heteroatoms. The van der Waals surface area contributed by atoms with Crippen molar-refractivity contribution in [2.75, 3.05) is 26.2 Å². The zero-order valence-electron chi connectivity index (χ0n) is 15.5. The predicted molar refractivity (Wildman–Crippen MR) is 107 cm³/mol. The summed E-state index contributed by atoms with van der Waals surface area (Å²) < 4.78 is 0. The Balaban J connectivity index is 1.55. The minimum atomic E-state index is 0.293. The zero-order chi connectivity index (χ0) is 18.2. The number of aliphatic imine (C=N–C) groups is 1. The second kappa shape index (κ2) is 9.22. The maximum Gasteiger partial charge on any atom is 0.222 e. The number of nitrogens with zero attached hydrogens (tertiary/aromatic N) is 2. The maximum absolute atomic E-state index is 11.6. The molecule has 138 valence electrons. The van der Waals surface area contributed by atoms with E-state index >= 15 is 0 Å². The van der Waals surface area contributed by atoms with Crippen molar-refractivity contribution in [1.29, 1.82) is 0 Å². The Morgan fingerprint density at radius 1 is 1.15 bits per heavy atom. The van der Waals surface area contributed by atoms with Crippen LogP contribution in [-0.2, 0) is 11.3 Å². The predicted octanol–water partition coefficient (Wildman–Crippen LogP) is 2.91. The van der Waals surface area contributed by atoms with Crippen LogP contribution in [0.15, 0.2) is 47.5 Å². The fourth-order valence-corrected chi connectivity index (χ4v) is 3.35. The van der Waals surface area contributed by atoms with E-state index in [1.54, 1.807) is 0 Å². The van der Waals surface area contributed by atoms with Crippen molar-refractivity contribution < 1.29 is 4.79 Å². The summed E-state index contributed by atoms with van der Waals surface area (Å²) in [5.74, 6) is 1.12. The van der Waals surface area contributed by atoms with Gasteiger partial charge in [-0.1, -0.05) is 42.5 Å². The molecule has 1 heterocycles. The standard InChI is InChI=1S/C21H28N4O/c1-2-22-21(23-13-7-15-25-14-6-12-20(25)26)24-16-18-10-5-9-17-8-3-4-11-19(17)18/h3-5,8-11H,2,6-7,12-16H2,1H3,(H2,22,23,24). The SMILES string of the molecule is CCNC(=NCc1cccc2ccccc12)NCCCN1CCCC1=O. The summed E-state index contributed by atoms with van der Waals surface area (Å²) in [6.07, 6.45) is 2.65. The average molecular weight is 352 g/mol. The molecular formula is C21H28N4O. The zero-order valence-corrected chi connectivity index (χ0v) is 15.5. The molecule has 2 N–H and O–H groups in total. The molecule has 0 radical (unpaired) electrons. The van der Waals surface area contributed by atoms with Crippen LogP contribution < -0.4 is 10.6 Å². The van der Waals surface area contributed by atoms with E-state index in [-0.39, 0.29) is 0 Å². The minimum absolute atomic E-state index is 0.293. The number of fused-ring (bicyclic) bond motifs is 1. The molecule has 0 aliphatic carbocycles. The van der Waals surface area contributed by atoms with Crippen molar-refractivity contribution in [3.63, 3.8) is 0 Å². The lowest BCUT2D eigenvalue weighted by Gasteiger charge is -2.16. The molecule has 26 heavy (non-hydrogen) atoms. The average Bonchev–Trinajstić information content (AvgIpc) is 3.08. The van der Waals surface area contributed by atoms with Crippen LogP contribution in [0.1, 0.15) is 31.7 Å². The lowest BCUT2D eigenvalue weighted by molar-refractivity contribution is -0.127. The summed E-state index contributed by atoms with van der Waals surface area (Å²) in [5, 5.41) is 9.17. The summed E-state index contributed by atoms with van der Waals surface area (Å²) in [6.45, 7) is 6.08. The summed E-state index contributed by atoms with van der Waals surface area (Å²) in [4.78, 5) is 18.3. The molecule has 0 bridgehead atoms. The number of benzene rings is 2. The van der Waals surface area contributed by atoms with Crippen LogP contribution in [0.2, 0.25) is 0 Å². The molecular weight excluding hydrogens is 324 g/mol. The molecule has 0 atom stereocenters. The first-order chi connectivity index (χ1) is 12.8. The highest BCUT2D eigenvalue weighted by Crippen LogP contribution is 2.19. The highest BCUT2D eigenvalue weighted by Gasteiger charge is 2.18. The van der Waals surface area contributed by atoms with E-state index in [0.29, 0.717) is 18.9 Å². The number of carbonyl (C=O) groups is 1. The van der Waals surface area contributed by atoms with Gasteiger partial charge in [0.05, 0.1) is 6.54 Å². The van der Waals surface area contributed by atoms with E-state index < -0.39 is 0 Å². The van der Waals surface area contributed by atoms with Gasteiger partial charge >= 0.3 is 0 Å². The smallest absolute Gasteiger partial charge is 0.222 e. The maximum atomic E-state index is 11.6. The van der Waals surface area contributed by atoms with Crippen LogP contribution in [0.5, 0.6) is 0 Å². The summed E-state index contributed by atoms with van der Waals surface area (Å²) in [5.41, 5.74) is 1.22. The topological polar surface area (TPSA) is 56.7 Å².